The molecule has 0 aliphatic carbocycles. The molecule has 3 aromatic rings. The molecule has 0 unspecified atom stereocenters. The number of aromatic carboxylic acids is 1. The number of primary amides is 1. The van der Waals surface area contributed by atoms with Crippen LogP contribution in [-0.4, -0.2) is 57.1 Å². The number of carboxylic acid groups (broad SMARTS) is 1. The Bertz CT molecular complexity index is 1290. The largest absolute Gasteiger partial charge is 0.478 e. The van der Waals surface area contributed by atoms with Gasteiger partial charge in [0.05, 0.1) is 29.4 Å². The Kier molecular flexibility index (Phi) is 6.31. The van der Waals surface area contributed by atoms with Crippen molar-refractivity contribution in [2.75, 3.05) is 11.9 Å². The van der Waals surface area contributed by atoms with Crippen molar-refractivity contribution in [2.45, 2.75) is 31.5 Å². The molecule has 1 saturated heterocycles. The number of carboxylic acids is 1. The molecule has 0 saturated carbocycles. The third kappa shape index (κ3) is 4.47. The molecule has 2 aromatic carbocycles. The van der Waals surface area contributed by atoms with E-state index in [1.54, 1.807) is 42.5 Å². The Morgan fingerprint density at radius 1 is 1.09 bits per heavy atom. The van der Waals surface area contributed by atoms with Crippen molar-refractivity contribution in [1.29, 1.82) is 0 Å². The summed E-state index contributed by atoms with van der Waals surface area (Å²) in [6.45, 7) is -0.248. The molecule has 0 bridgehead atoms. The molecule has 4 N–H and O–H groups in total. The number of Topliss-reactive ketones (excluding diaryl/α,β-unsaturated/α-hetero) is 1. The van der Waals surface area contributed by atoms with Gasteiger partial charge >= 0.3 is 18.0 Å². The number of hydrogen-bond acceptors (Lipinski definition) is 4. The van der Waals surface area contributed by atoms with Gasteiger partial charge in [-0.05, 0) is 24.1 Å². The Morgan fingerprint density at radius 3 is 2.53 bits per heavy atom. The normalized spacial score (nSPS) is 17.6. The summed E-state index contributed by atoms with van der Waals surface area (Å²) in [6.07, 6.45) is 0.0182. The Labute approximate surface area is 193 Å². The predicted molar refractivity (Wildman–Crippen MR) is 123 cm³/mol. The molecule has 2 heterocycles. The summed E-state index contributed by atoms with van der Waals surface area (Å²) < 4.78 is 15.5. The van der Waals surface area contributed by atoms with Crippen LogP contribution < -0.4 is 11.1 Å². The van der Waals surface area contributed by atoms with Crippen LogP contribution >= 0.6 is 0 Å². The zero-order valence-corrected chi connectivity index (χ0v) is 18.1. The second-order valence-corrected chi connectivity index (χ2v) is 8.13. The molecule has 10 heteroatoms. The first kappa shape index (κ1) is 23.0. The van der Waals surface area contributed by atoms with Gasteiger partial charge in [-0.1, -0.05) is 36.4 Å². The van der Waals surface area contributed by atoms with Crippen molar-refractivity contribution in [1.82, 2.24) is 9.47 Å². The molecule has 1 fully saturated rings. The maximum atomic E-state index is 14.3. The first-order valence-electron chi connectivity index (χ1n) is 10.7. The lowest BCUT2D eigenvalue weighted by Crippen LogP contribution is -2.43. The second kappa shape index (κ2) is 9.34. The number of hydrogen-bond donors (Lipinski definition) is 3. The van der Waals surface area contributed by atoms with Crippen molar-refractivity contribution in [3.8, 4) is 0 Å². The highest BCUT2D eigenvalue weighted by molar-refractivity contribution is 6.05. The first-order chi connectivity index (χ1) is 16.3. The number of nitrogens with two attached hydrogens (primary N) is 1. The lowest BCUT2D eigenvalue weighted by Gasteiger charge is -2.23. The van der Waals surface area contributed by atoms with Crippen LogP contribution in [0.5, 0.6) is 0 Å². The van der Waals surface area contributed by atoms with Gasteiger partial charge in [0.25, 0.3) is 0 Å². The number of ketones is 1. The average Bonchev–Trinajstić information content (AvgIpc) is 3.39. The van der Waals surface area contributed by atoms with Gasteiger partial charge in [-0.25, -0.2) is 18.8 Å². The fraction of sp³-hybridized carbons (Fsp3) is 0.250. The minimum atomic E-state index is -1.36. The van der Waals surface area contributed by atoms with Gasteiger partial charge in [-0.15, -0.1) is 0 Å². The summed E-state index contributed by atoms with van der Waals surface area (Å²) >= 11 is 0. The van der Waals surface area contributed by atoms with Crippen LogP contribution in [0.3, 0.4) is 0 Å². The number of anilines is 1. The van der Waals surface area contributed by atoms with Crippen LogP contribution in [0.4, 0.5) is 19.7 Å². The highest BCUT2D eigenvalue weighted by Gasteiger charge is 2.39. The average molecular weight is 466 g/mol. The number of fused-ring (bicyclic) bond motifs is 1. The Balaban J connectivity index is 1.50. The van der Waals surface area contributed by atoms with Crippen molar-refractivity contribution >= 4 is 40.4 Å². The lowest BCUT2D eigenvalue weighted by atomic mass is 9.98. The number of likely N-dealkylation sites (tertiary alicyclic amines) is 1. The minimum absolute atomic E-state index is 0.0353. The topological polar surface area (TPSA) is 135 Å². The van der Waals surface area contributed by atoms with Gasteiger partial charge in [0, 0.05) is 24.4 Å². The number of carbonyl (C=O) groups excluding carboxylic acids is 3. The number of halogens is 1. The molecule has 4 rings (SSSR count). The van der Waals surface area contributed by atoms with Crippen molar-refractivity contribution < 1.29 is 28.7 Å². The molecule has 1 aromatic heterocycles. The zero-order valence-electron chi connectivity index (χ0n) is 18.1. The number of aryl methyl sites for hydroxylation is 1. The summed E-state index contributed by atoms with van der Waals surface area (Å²) in [7, 11) is 0. The summed E-state index contributed by atoms with van der Waals surface area (Å²) in [5.74, 6) is -1.45. The smallest absolute Gasteiger partial charge is 0.335 e. The van der Waals surface area contributed by atoms with E-state index in [0.29, 0.717) is 22.2 Å². The highest BCUT2D eigenvalue weighted by atomic mass is 19.1. The summed E-state index contributed by atoms with van der Waals surface area (Å²) in [5, 5.41) is 12.6. The van der Waals surface area contributed by atoms with Crippen LogP contribution in [0.1, 0.15) is 28.8 Å². The molecular weight excluding hydrogens is 443 g/mol. The van der Waals surface area contributed by atoms with Crippen molar-refractivity contribution in [3.05, 3.63) is 65.9 Å². The van der Waals surface area contributed by atoms with E-state index < -0.39 is 30.2 Å². The Hall–Kier alpha value is -4.21. The number of aromatic nitrogens is 1. The number of amides is 3. The SMILES string of the molecule is NC(=O)n1cc(NC(=O)N2C[C@H](F)C[C@H]2C(=O)CCc2ccccc2C(=O)O)c2ccccc21. The van der Waals surface area contributed by atoms with Gasteiger partial charge in [0.1, 0.15) is 6.17 Å². The van der Waals surface area contributed by atoms with E-state index in [9.17, 15) is 28.7 Å². The standard InChI is InChI=1S/C24H23FN4O5/c25-15-11-20(21(30)10-9-14-5-1-2-6-16(14)22(31)32)29(12-15)24(34)27-18-13-28(23(26)33)19-8-4-3-7-17(18)19/h1-8,13,15,20H,9-12H2,(H2,26,33)(H,27,34)(H,31,32)/t15-,20+/m1/s1. The van der Waals surface area contributed by atoms with Crippen molar-refractivity contribution in [2.24, 2.45) is 5.73 Å². The maximum Gasteiger partial charge on any atom is 0.335 e. The van der Waals surface area contributed by atoms with E-state index in [1.807, 2.05) is 0 Å². The van der Waals surface area contributed by atoms with Crippen LogP contribution in [-0.2, 0) is 11.2 Å². The molecule has 9 nitrogen and oxygen atoms in total. The fourth-order valence-electron chi connectivity index (χ4n) is 4.33. The van der Waals surface area contributed by atoms with Crippen LogP contribution in [0.2, 0.25) is 0 Å². The van der Waals surface area contributed by atoms with E-state index in [1.165, 1.54) is 16.8 Å². The number of carbonyl (C=O) groups is 4. The number of para-hydroxylation sites is 1. The number of nitrogens with zero attached hydrogens (tertiary/aromatic N) is 2. The third-order valence-corrected chi connectivity index (χ3v) is 5.96. The molecule has 176 valence electrons. The second-order valence-electron chi connectivity index (χ2n) is 8.13. The number of urea groups is 1. The molecule has 2 atom stereocenters. The van der Waals surface area contributed by atoms with Gasteiger partial charge in [-0.2, -0.15) is 0 Å². The molecule has 0 spiro atoms. The van der Waals surface area contributed by atoms with E-state index >= 15 is 0 Å². The molecule has 34 heavy (non-hydrogen) atoms. The quantitative estimate of drug-likeness (QED) is 0.512. The van der Waals surface area contributed by atoms with Crippen LogP contribution in [0.25, 0.3) is 10.9 Å². The van der Waals surface area contributed by atoms with E-state index in [-0.39, 0.29) is 37.2 Å². The number of nitrogens with one attached hydrogen (secondary N) is 1. The summed E-state index contributed by atoms with van der Waals surface area (Å²) in [6, 6.07) is 10.8. The van der Waals surface area contributed by atoms with Crippen LogP contribution in [0.15, 0.2) is 54.7 Å². The monoisotopic (exact) mass is 466 g/mol. The molecule has 1 aliphatic rings. The van der Waals surface area contributed by atoms with E-state index in [2.05, 4.69) is 5.32 Å². The van der Waals surface area contributed by atoms with Gasteiger partial charge in [0.2, 0.25) is 0 Å². The van der Waals surface area contributed by atoms with Crippen LogP contribution in [0, 0.1) is 0 Å². The summed E-state index contributed by atoms with van der Waals surface area (Å²) in [4.78, 5) is 50.2. The minimum Gasteiger partial charge on any atom is -0.478 e. The Morgan fingerprint density at radius 2 is 1.79 bits per heavy atom. The van der Waals surface area contributed by atoms with E-state index in [0.717, 1.165) is 4.90 Å². The first-order valence-corrected chi connectivity index (χ1v) is 10.7. The van der Waals surface area contributed by atoms with Gasteiger partial charge in [-0.3, -0.25) is 9.36 Å². The predicted octanol–water partition coefficient (Wildman–Crippen LogP) is 3.41. The third-order valence-electron chi connectivity index (χ3n) is 5.96. The highest BCUT2D eigenvalue weighted by Crippen LogP contribution is 2.28. The number of benzene rings is 2. The van der Waals surface area contributed by atoms with Gasteiger partial charge in [0.15, 0.2) is 5.78 Å². The molecule has 1 aliphatic heterocycles. The lowest BCUT2D eigenvalue weighted by molar-refractivity contribution is -0.122. The maximum absolute atomic E-state index is 14.3. The zero-order chi connectivity index (χ0) is 24.4. The van der Waals surface area contributed by atoms with E-state index in [4.69, 9.17) is 5.73 Å². The molecular formula is C24H23FN4O5. The van der Waals surface area contributed by atoms with Crippen molar-refractivity contribution in [3.63, 3.8) is 0 Å². The molecule has 0 radical (unpaired) electrons. The van der Waals surface area contributed by atoms with Gasteiger partial charge < -0.3 is 21.1 Å². The fourth-order valence-corrected chi connectivity index (χ4v) is 4.33. The number of alkyl halides is 1. The number of rotatable bonds is 6. The molecule has 3 amide bonds. The summed E-state index contributed by atoms with van der Waals surface area (Å²) in [5.41, 5.74) is 6.81.